The molecule has 2 aliphatic heterocycles. The Labute approximate surface area is 216 Å². The second kappa shape index (κ2) is 10.4. The van der Waals surface area contributed by atoms with Crippen molar-refractivity contribution in [2.75, 3.05) is 50.1 Å². The maximum Gasteiger partial charge on any atom is 0.261 e. The Hall–Kier alpha value is -4.17. The maximum absolute atomic E-state index is 13.2. The van der Waals surface area contributed by atoms with Crippen molar-refractivity contribution in [2.45, 2.75) is 13.5 Å². The number of nitrogens with one attached hydrogen (secondary N) is 1. The molecule has 0 radical (unpaired) electrons. The van der Waals surface area contributed by atoms with Crippen molar-refractivity contribution in [3.8, 4) is 5.75 Å². The van der Waals surface area contributed by atoms with Crippen molar-refractivity contribution in [3.63, 3.8) is 0 Å². The highest BCUT2D eigenvalue weighted by molar-refractivity contribution is 6.21. The van der Waals surface area contributed by atoms with E-state index in [2.05, 4.69) is 22.0 Å². The van der Waals surface area contributed by atoms with Crippen molar-refractivity contribution in [2.24, 2.45) is 0 Å². The van der Waals surface area contributed by atoms with Crippen LogP contribution in [0.3, 0.4) is 0 Å². The Morgan fingerprint density at radius 1 is 0.892 bits per heavy atom. The predicted octanol–water partition coefficient (Wildman–Crippen LogP) is 3.89. The lowest BCUT2D eigenvalue weighted by molar-refractivity contribution is 0.0642. The molecule has 0 unspecified atom stereocenters. The third-order valence-corrected chi connectivity index (χ3v) is 7.04. The largest absolute Gasteiger partial charge is 0.496 e. The van der Waals surface area contributed by atoms with Gasteiger partial charge in [-0.2, -0.15) is 0 Å². The van der Waals surface area contributed by atoms with E-state index in [-0.39, 0.29) is 24.3 Å². The van der Waals surface area contributed by atoms with E-state index in [1.54, 1.807) is 42.5 Å². The summed E-state index contributed by atoms with van der Waals surface area (Å²) < 4.78 is 5.42. The number of carbonyl (C=O) groups excluding carboxylic acids is 3. The summed E-state index contributed by atoms with van der Waals surface area (Å²) in [6.07, 6.45) is 0. The molecule has 0 atom stereocenters. The number of hydrogen-bond donors (Lipinski definition) is 1. The van der Waals surface area contributed by atoms with Crippen LogP contribution in [-0.2, 0) is 6.54 Å². The van der Waals surface area contributed by atoms with Crippen LogP contribution in [0.4, 0.5) is 11.4 Å². The third-order valence-electron chi connectivity index (χ3n) is 7.04. The zero-order valence-corrected chi connectivity index (χ0v) is 21.1. The van der Waals surface area contributed by atoms with Crippen LogP contribution in [0.15, 0.2) is 66.7 Å². The highest BCUT2D eigenvalue weighted by Crippen LogP contribution is 2.27. The van der Waals surface area contributed by atoms with E-state index in [1.165, 1.54) is 12.0 Å². The molecule has 1 N–H and O–H groups in total. The predicted molar refractivity (Wildman–Crippen MR) is 142 cm³/mol. The Bertz CT molecular complexity index is 1290. The molecule has 3 aromatic carbocycles. The van der Waals surface area contributed by atoms with E-state index in [1.807, 2.05) is 24.3 Å². The fraction of sp³-hybridized carbons (Fsp3) is 0.276. The first-order chi connectivity index (χ1) is 18.0. The molecule has 1 fully saturated rings. The quantitative estimate of drug-likeness (QED) is 0.498. The molecule has 5 rings (SSSR count). The second-order valence-electron chi connectivity index (χ2n) is 9.20. The number of fused-ring (bicyclic) bond motifs is 1. The zero-order chi connectivity index (χ0) is 25.9. The monoisotopic (exact) mass is 498 g/mol. The van der Waals surface area contributed by atoms with Gasteiger partial charge in [-0.15, -0.1) is 0 Å². The molecule has 0 aliphatic carbocycles. The molecule has 3 amide bonds. The molecular formula is C29H30N4O4. The summed E-state index contributed by atoms with van der Waals surface area (Å²) in [5.74, 6) is -0.586. The maximum atomic E-state index is 13.2. The van der Waals surface area contributed by atoms with Crippen LogP contribution in [0, 0.1) is 0 Å². The van der Waals surface area contributed by atoms with E-state index in [4.69, 9.17) is 4.74 Å². The Morgan fingerprint density at radius 3 is 2.14 bits per heavy atom. The first kappa shape index (κ1) is 24.5. The summed E-state index contributed by atoms with van der Waals surface area (Å²) in [7, 11) is 1.50. The van der Waals surface area contributed by atoms with Crippen LogP contribution < -0.4 is 15.0 Å². The molecular weight excluding hydrogens is 468 g/mol. The van der Waals surface area contributed by atoms with Gasteiger partial charge in [-0.05, 0) is 60.6 Å². The van der Waals surface area contributed by atoms with Gasteiger partial charge in [0.1, 0.15) is 5.75 Å². The van der Waals surface area contributed by atoms with E-state index in [9.17, 15) is 14.4 Å². The summed E-state index contributed by atoms with van der Waals surface area (Å²) in [6.45, 7) is 7.38. The topological polar surface area (TPSA) is 82.2 Å². The fourth-order valence-corrected chi connectivity index (χ4v) is 4.87. The van der Waals surface area contributed by atoms with Crippen molar-refractivity contribution in [3.05, 3.63) is 89.0 Å². The number of nitrogens with zero attached hydrogens (tertiary/aromatic N) is 3. The Morgan fingerprint density at radius 2 is 1.54 bits per heavy atom. The van der Waals surface area contributed by atoms with Crippen LogP contribution in [0.2, 0.25) is 0 Å². The number of carbonyl (C=O) groups is 3. The van der Waals surface area contributed by atoms with Gasteiger partial charge >= 0.3 is 0 Å². The van der Waals surface area contributed by atoms with Gasteiger partial charge in [0.2, 0.25) is 0 Å². The number of likely N-dealkylation sites (N-methyl/N-ethyl adjacent to an activating group) is 1. The van der Waals surface area contributed by atoms with Gasteiger partial charge < -0.3 is 19.9 Å². The van der Waals surface area contributed by atoms with Gasteiger partial charge in [-0.25, -0.2) is 0 Å². The van der Waals surface area contributed by atoms with E-state index >= 15 is 0 Å². The summed E-state index contributed by atoms with van der Waals surface area (Å²) >= 11 is 0. The number of amides is 3. The number of benzene rings is 3. The third kappa shape index (κ3) is 4.93. The van der Waals surface area contributed by atoms with Crippen LogP contribution in [-0.4, -0.2) is 67.4 Å². The molecule has 2 aliphatic rings. The van der Waals surface area contributed by atoms with Gasteiger partial charge in [0.25, 0.3) is 17.7 Å². The lowest BCUT2D eigenvalue weighted by atomic mass is 10.1. The highest BCUT2D eigenvalue weighted by Gasteiger charge is 2.35. The lowest BCUT2D eigenvalue weighted by Gasteiger charge is -2.35. The van der Waals surface area contributed by atoms with Gasteiger partial charge in [-0.1, -0.05) is 25.1 Å². The van der Waals surface area contributed by atoms with Gasteiger partial charge in [0.05, 0.1) is 30.3 Å². The molecule has 2 heterocycles. The molecule has 8 heteroatoms. The number of anilines is 2. The van der Waals surface area contributed by atoms with E-state index in [0.29, 0.717) is 33.7 Å². The van der Waals surface area contributed by atoms with Gasteiger partial charge in [0, 0.05) is 37.6 Å². The summed E-state index contributed by atoms with van der Waals surface area (Å²) in [5.41, 5.74) is 3.59. The van der Waals surface area contributed by atoms with Crippen LogP contribution in [0.1, 0.15) is 43.6 Å². The number of ether oxygens (including phenoxy) is 1. The van der Waals surface area contributed by atoms with Crippen molar-refractivity contribution in [1.82, 2.24) is 9.80 Å². The van der Waals surface area contributed by atoms with Crippen LogP contribution in [0.5, 0.6) is 5.75 Å². The minimum Gasteiger partial charge on any atom is -0.496 e. The average molecular weight is 499 g/mol. The van der Waals surface area contributed by atoms with E-state index < -0.39 is 0 Å². The van der Waals surface area contributed by atoms with Crippen molar-refractivity contribution < 1.29 is 19.1 Å². The first-order valence-electron chi connectivity index (χ1n) is 12.5. The molecule has 0 aromatic heterocycles. The summed E-state index contributed by atoms with van der Waals surface area (Å²) in [5, 5.41) is 2.94. The smallest absolute Gasteiger partial charge is 0.261 e. The fourth-order valence-electron chi connectivity index (χ4n) is 4.87. The number of piperazine rings is 1. The van der Waals surface area contributed by atoms with Gasteiger partial charge in [0.15, 0.2) is 0 Å². The number of rotatable bonds is 7. The molecule has 190 valence electrons. The van der Waals surface area contributed by atoms with Crippen molar-refractivity contribution >= 4 is 29.1 Å². The normalized spacial score (nSPS) is 15.6. The minimum atomic E-state index is -0.335. The SMILES string of the molecule is CCN1CCN(c2ccc(NC(=O)c3cc(CN4C(=O)c5ccccc5C4=O)ccc3OC)cc2)CC1. The Kier molecular flexibility index (Phi) is 6.92. The number of hydrogen-bond acceptors (Lipinski definition) is 6. The van der Waals surface area contributed by atoms with Crippen molar-refractivity contribution in [1.29, 1.82) is 0 Å². The summed E-state index contributed by atoms with van der Waals surface area (Å²) in [4.78, 5) is 44.7. The summed E-state index contributed by atoms with van der Waals surface area (Å²) in [6, 6.07) is 19.7. The standard InChI is InChI=1S/C29H30N4O4/c1-3-31-14-16-32(17-15-31)22-11-9-21(10-12-22)30-27(34)25-18-20(8-13-26(25)37-2)19-33-28(35)23-6-4-5-7-24(23)29(33)36/h4-13,18H,3,14-17,19H2,1-2H3,(H,30,34). The highest BCUT2D eigenvalue weighted by atomic mass is 16.5. The first-order valence-corrected chi connectivity index (χ1v) is 12.5. The van der Waals surface area contributed by atoms with E-state index in [0.717, 1.165) is 38.4 Å². The molecule has 8 nitrogen and oxygen atoms in total. The molecule has 0 saturated carbocycles. The molecule has 37 heavy (non-hydrogen) atoms. The molecule has 0 spiro atoms. The molecule has 0 bridgehead atoms. The molecule has 3 aromatic rings. The molecule has 1 saturated heterocycles. The van der Waals surface area contributed by atoms with Gasteiger partial charge in [-0.3, -0.25) is 19.3 Å². The second-order valence-corrected chi connectivity index (χ2v) is 9.20. The zero-order valence-electron chi connectivity index (χ0n) is 21.1. The number of imide groups is 1. The number of methoxy groups -OCH3 is 1. The Balaban J connectivity index is 1.29. The van der Waals surface area contributed by atoms with Crippen LogP contribution in [0.25, 0.3) is 0 Å². The average Bonchev–Trinajstić information content (AvgIpc) is 3.18. The van der Waals surface area contributed by atoms with Crippen LogP contribution >= 0.6 is 0 Å². The minimum absolute atomic E-state index is 0.0661. The lowest BCUT2D eigenvalue weighted by Crippen LogP contribution is -2.46.